The Morgan fingerprint density at radius 1 is 1.37 bits per heavy atom. The minimum Gasteiger partial charge on any atom is -0.377 e. The smallest absolute Gasteiger partial charge is 0.0759 e. The van der Waals surface area contributed by atoms with Crippen molar-refractivity contribution in [2.24, 2.45) is 5.92 Å². The monoisotopic (exact) mass is 325 g/mol. The lowest BCUT2D eigenvalue weighted by Crippen LogP contribution is -2.44. The molecular weight excluding hydrogens is 302 g/mol. The van der Waals surface area contributed by atoms with Crippen LogP contribution in [0.15, 0.2) is 28.7 Å². The van der Waals surface area contributed by atoms with Gasteiger partial charge in [0.1, 0.15) is 0 Å². The third-order valence-electron chi connectivity index (χ3n) is 3.65. The molecule has 1 fully saturated rings. The zero-order valence-corrected chi connectivity index (χ0v) is 13.4. The normalized spacial score (nSPS) is 18.3. The summed E-state index contributed by atoms with van der Waals surface area (Å²) in [5.41, 5.74) is 1.37. The summed E-state index contributed by atoms with van der Waals surface area (Å²) in [6.45, 7) is 6.07. The molecule has 2 unspecified atom stereocenters. The molecule has 2 nitrogen and oxygen atoms in total. The molecule has 0 radical (unpaired) electrons. The molecule has 1 aliphatic rings. The number of likely N-dealkylation sites (N-methyl/N-ethyl adjacent to an activating group) is 1. The number of hydrogen-bond acceptors (Lipinski definition) is 2. The lowest BCUT2D eigenvalue weighted by atomic mass is 9.98. The first-order chi connectivity index (χ1) is 9.24. The fourth-order valence-corrected chi connectivity index (χ4v) is 3.13. The Hall–Kier alpha value is -0.380. The molecular formula is C16H24BrNO. The fraction of sp³-hybridized carbons (Fsp3) is 0.625. The fourth-order valence-electron chi connectivity index (χ4n) is 2.68. The van der Waals surface area contributed by atoms with Gasteiger partial charge >= 0.3 is 0 Å². The van der Waals surface area contributed by atoms with Crippen LogP contribution in [-0.2, 0) is 11.2 Å². The molecule has 0 saturated heterocycles. The van der Waals surface area contributed by atoms with E-state index in [1.165, 1.54) is 18.4 Å². The molecule has 1 aromatic carbocycles. The summed E-state index contributed by atoms with van der Waals surface area (Å²) < 4.78 is 7.16. The summed E-state index contributed by atoms with van der Waals surface area (Å²) in [7, 11) is 0. The lowest BCUT2D eigenvalue weighted by molar-refractivity contribution is 0.0196. The number of nitrogens with one attached hydrogen (secondary N) is 1. The molecule has 2 atom stereocenters. The number of halogens is 1. The Labute approximate surface area is 125 Å². The van der Waals surface area contributed by atoms with E-state index in [-0.39, 0.29) is 0 Å². The summed E-state index contributed by atoms with van der Waals surface area (Å²) in [6, 6.07) is 9.01. The van der Waals surface area contributed by atoms with Crippen LogP contribution < -0.4 is 5.32 Å². The molecule has 0 bridgehead atoms. The van der Waals surface area contributed by atoms with Crippen LogP contribution in [0.4, 0.5) is 0 Å². The van der Waals surface area contributed by atoms with Crippen LogP contribution in [-0.4, -0.2) is 25.3 Å². The highest BCUT2D eigenvalue weighted by molar-refractivity contribution is 9.10. The van der Waals surface area contributed by atoms with E-state index in [0.717, 1.165) is 30.0 Å². The second kappa shape index (κ2) is 7.41. The zero-order chi connectivity index (χ0) is 13.7. The van der Waals surface area contributed by atoms with Gasteiger partial charge in [0, 0.05) is 17.1 Å². The summed E-state index contributed by atoms with van der Waals surface area (Å²) >= 11 is 3.55. The second-order valence-electron chi connectivity index (χ2n) is 5.26. The van der Waals surface area contributed by atoms with E-state index in [1.54, 1.807) is 0 Å². The standard InChI is InChI=1S/C16H24BrNO/c1-3-18-15(16(19-4-2)13-8-9-13)11-12-6-5-7-14(17)10-12/h5-7,10,13,15-16,18H,3-4,8-9,11H2,1-2H3. The maximum Gasteiger partial charge on any atom is 0.0759 e. The molecule has 19 heavy (non-hydrogen) atoms. The molecule has 0 amide bonds. The first-order valence-corrected chi connectivity index (χ1v) is 8.13. The van der Waals surface area contributed by atoms with Crippen LogP contribution in [0, 0.1) is 5.92 Å². The Balaban J connectivity index is 2.05. The van der Waals surface area contributed by atoms with Gasteiger partial charge in [-0.2, -0.15) is 0 Å². The van der Waals surface area contributed by atoms with E-state index in [1.807, 2.05) is 0 Å². The number of hydrogen-bond donors (Lipinski definition) is 1. The minimum absolute atomic E-state index is 0.365. The highest BCUT2D eigenvalue weighted by atomic mass is 79.9. The van der Waals surface area contributed by atoms with Crippen molar-refractivity contribution in [1.29, 1.82) is 0 Å². The quantitative estimate of drug-likeness (QED) is 0.785. The number of benzene rings is 1. The molecule has 1 aromatic rings. The average molecular weight is 326 g/mol. The molecule has 1 N–H and O–H groups in total. The highest BCUT2D eigenvalue weighted by Gasteiger charge is 2.36. The lowest BCUT2D eigenvalue weighted by Gasteiger charge is -2.28. The van der Waals surface area contributed by atoms with Crippen molar-refractivity contribution in [2.75, 3.05) is 13.2 Å². The second-order valence-corrected chi connectivity index (χ2v) is 6.17. The minimum atomic E-state index is 0.365. The first-order valence-electron chi connectivity index (χ1n) is 7.34. The topological polar surface area (TPSA) is 21.3 Å². The van der Waals surface area contributed by atoms with Crippen molar-refractivity contribution in [1.82, 2.24) is 5.32 Å². The number of ether oxygens (including phenoxy) is 1. The number of rotatable bonds is 8. The Morgan fingerprint density at radius 3 is 2.74 bits per heavy atom. The van der Waals surface area contributed by atoms with Gasteiger partial charge in [-0.1, -0.05) is 35.0 Å². The highest BCUT2D eigenvalue weighted by Crippen LogP contribution is 2.36. The van der Waals surface area contributed by atoms with E-state index >= 15 is 0 Å². The van der Waals surface area contributed by atoms with Gasteiger partial charge in [-0.3, -0.25) is 0 Å². The van der Waals surface area contributed by atoms with Gasteiger partial charge in [0.05, 0.1) is 6.10 Å². The average Bonchev–Trinajstić information content (AvgIpc) is 3.20. The molecule has 1 saturated carbocycles. The molecule has 0 aliphatic heterocycles. The van der Waals surface area contributed by atoms with Crippen molar-refractivity contribution in [2.45, 2.75) is 45.3 Å². The van der Waals surface area contributed by atoms with Crippen molar-refractivity contribution in [3.63, 3.8) is 0 Å². The summed E-state index contributed by atoms with van der Waals surface area (Å²) in [6.07, 6.45) is 4.05. The Kier molecular flexibility index (Phi) is 5.86. The van der Waals surface area contributed by atoms with Gasteiger partial charge in [-0.05, 0) is 56.3 Å². The van der Waals surface area contributed by atoms with Crippen LogP contribution in [0.25, 0.3) is 0 Å². The maximum atomic E-state index is 6.01. The summed E-state index contributed by atoms with van der Waals surface area (Å²) in [4.78, 5) is 0. The van der Waals surface area contributed by atoms with Crippen LogP contribution >= 0.6 is 15.9 Å². The summed E-state index contributed by atoms with van der Waals surface area (Å²) in [5, 5.41) is 3.62. The maximum absolute atomic E-state index is 6.01. The summed E-state index contributed by atoms with van der Waals surface area (Å²) in [5.74, 6) is 0.760. The molecule has 0 spiro atoms. The van der Waals surface area contributed by atoms with Gasteiger partial charge in [0.25, 0.3) is 0 Å². The van der Waals surface area contributed by atoms with E-state index in [2.05, 4.69) is 59.4 Å². The van der Waals surface area contributed by atoms with Gasteiger partial charge < -0.3 is 10.1 Å². The van der Waals surface area contributed by atoms with E-state index in [9.17, 15) is 0 Å². The van der Waals surface area contributed by atoms with E-state index < -0.39 is 0 Å². The molecule has 3 heteroatoms. The van der Waals surface area contributed by atoms with Crippen LogP contribution in [0.5, 0.6) is 0 Å². The molecule has 0 heterocycles. The SMILES string of the molecule is CCNC(Cc1cccc(Br)c1)C(OCC)C1CC1. The Morgan fingerprint density at radius 2 is 2.16 bits per heavy atom. The van der Waals surface area contributed by atoms with Crippen LogP contribution in [0.2, 0.25) is 0 Å². The predicted octanol–water partition coefficient (Wildman–Crippen LogP) is 3.78. The van der Waals surface area contributed by atoms with Gasteiger partial charge in [0.15, 0.2) is 0 Å². The zero-order valence-electron chi connectivity index (χ0n) is 11.9. The van der Waals surface area contributed by atoms with Crippen LogP contribution in [0.1, 0.15) is 32.3 Å². The molecule has 1 aliphatic carbocycles. The molecule has 106 valence electrons. The third-order valence-corrected chi connectivity index (χ3v) is 4.15. The van der Waals surface area contributed by atoms with Gasteiger partial charge in [-0.25, -0.2) is 0 Å². The predicted molar refractivity (Wildman–Crippen MR) is 83.4 cm³/mol. The van der Waals surface area contributed by atoms with Gasteiger partial charge in [0.2, 0.25) is 0 Å². The molecule has 0 aromatic heterocycles. The molecule has 2 rings (SSSR count). The third kappa shape index (κ3) is 4.59. The van der Waals surface area contributed by atoms with Gasteiger partial charge in [-0.15, -0.1) is 0 Å². The largest absolute Gasteiger partial charge is 0.377 e. The van der Waals surface area contributed by atoms with Crippen molar-refractivity contribution in [3.8, 4) is 0 Å². The van der Waals surface area contributed by atoms with Crippen molar-refractivity contribution >= 4 is 15.9 Å². The van der Waals surface area contributed by atoms with E-state index in [4.69, 9.17) is 4.74 Å². The van der Waals surface area contributed by atoms with Crippen molar-refractivity contribution in [3.05, 3.63) is 34.3 Å². The van der Waals surface area contributed by atoms with Crippen LogP contribution in [0.3, 0.4) is 0 Å². The first kappa shape index (κ1) is 15.0. The Bertz CT molecular complexity index is 392. The van der Waals surface area contributed by atoms with Crippen molar-refractivity contribution < 1.29 is 4.74 Å². The van der Waals surface area contributed by atoms with E-state index in [0.29, 0.717) is 12.1 Å².